The topological polar surface area (TPSA) is 117 Å². The van der Waals surface area contributed by atoms with E-state index in [0.29, 0.717) is 0 Å². The molecule has 1 heterocycles. The fourth-order valence-corrected chi connectivity index (χ4v) is 0.427. The van der Waals surface area contributed by atoms with Gasteiger partial charge in [-0.3, -0.25) is 0 Å². The number of nitrogens with two attached hydrogens (primary N) is 3. The lowest BCUT2D eigenvalue weighted by atomic mass is 10.6. The van der Waals surface area contributed by atoms with Crippen LogP contribution in [0, 0.1) is 0 Å². The summed E-state index contributed by atoms with van der Waals surface area (Å²) >= 11 is 5.19. The van der Waals surface area contributed by atoms with Gasteiger partial charge in [0.2, 0.25) is 17.8 Å². The molecule has 1 aromatic heterocycles. The van der Waals surface area contributed by atoms with Crippen molar-refractivity contribution in [1.29, 1.82) is 0 Å². The van der Waals surface area contributed by atoms with E-state index in [1.165, 1.54) is 0 Å². The SMILES string of the molecule is CCCCl.Nc1nc(N)nc(N)n1. The summed E-state index contributed by atoms with van der Waals surface area (Å²) in [5, 5.41) is 0. The third-order valence-corrected chi connectivity index (χ3v) is 1.25. The van der Waals surface area contributed by atoms with Crippen molar-refractivity contribution in [1.82, 2.24) is 15.0 Å². The van der Waals surface area contributed by atoms with Crippen molar-refractivity contribution in [2.75, 3.05) is 23.1 Å². The number of hydrogen-bond donors (Lipinski definition) is 3. The summed E-state index contributed by atoms with van der Waals surface area (Å²) in [5.74, 6) is 0.917. The first-order valence-corrected chi connectivity index (χ1v) is 4.22. The quantitative estimate of drug-likeness (QED) is 0.565. The molecule has 6 nitrogen and oxygen atoms in total. The maximum absolute atomic E-state index is 5.19. The smallest absolute Gasteiger partial charge is 0.226 e. The number of rotatable bonds is 1. The number of alkyl halides is 1. The predicted octanol–water partition coefficient (Wildman–Crippen LogP) is 0.253. The van der Waals surface area contributed by atoms with E-state index < -0.39 is 0 Å². The summed E-state index contributed by atoms with van der Waals surface area (Å²) in [7, 11) is 0. The van der Waals surface area contributed by atoms with Gasteiger partial charge in [0.25, 0.3) is 0 Å². The molecule has 0 saturated heterocycles. The Labute approximate surface area is 81.5 Å². The van der Waals surface area contributed by atoms with Crippen LogP contribution in [0.15, 0.2) is 0 Å². The van der Waals surface area contributed by atoms with Gasteiger partial charge in [0.05, 0.1) is 0 Å². The maximum Gasteiger partial charge on any atom is 0.226 e. The summed E-state index contributed by atoms with van der Waals surface area (Å²) < 4.78 is 0. The van der Waals surface area contributed by atoms with Gasteiger partial charge in [-0.05, 0) is 6.42 Å². The van der Waals surface area contributed by atoms with E-state index in [9.17, 15) is 0 Å². The third kappa shape index (κ3) is 5.92. The molecule has 7 heteroatoms. The van der Waals surface area contributed by atoms with Crippen molar-refractivity contribution in [3.05, 3.63) is 0 Å². The second kappa shape index (κ2) is 6.24. The molecule has 6 N–H and O–H groups in total. The minimum atomic E-state index is 0.0417. The van der Waals surface area contributed by atoms with Crippen LogP contribution in [0.25, 0.3) is 0 Å². The molecule has 0 aromatic carbocycles. The summed E-state index contributed by atoms with van der Waals surface area (Å²) in [6, 6.07) is 0. The van der Waals surface area contributed by atoms with Crippen LogP contribution in [0.2, 0.25) is 0 Å². The van der Waals surface area contributed by atoms with Crippen molar-refractivity contribution in [2.24, 2.45) is 0 Å². The Hall–Kier alpha value is -1.30. The van der Waals surface area contributed by atoms with E-state index >= 15 is 0 Å². The lowest BCUT2D eigenvalue weighted by Crippen LogP contribution is -2.05. The highest BCUT2D eigenvalue weighted by molar-refractivity contribution is 6.17. The van der Waals surface area contributed by atoms with Crippen LogP contribution in [0.3, 0.4) is 0 Å². The maximum atomic E-state index is 5.19. The van der Waals surface area contributed by atoms with Gasteiger partial charge >= 0.3 is 0 Å². The molecule has 1 aromatic rings. The lowest BCUT2D eigenvalue weighted by molar-refractivity contribution is 1.09. The molecule has 13 heavy (non-hydrogen) atoms. The largest absolute Gasteiger partial charge is 0.368 e. The average molecular weight is 205 g/mol. The number of nitrogen functional groups attached to an aromatic ring is 3. The normalized spacial score (nSPS) is 8.77. The first-order chi connectivity index (χ1) is 6.10. The van der Waals surface area contributed by atoms with Crippen LogP contribution in [-0.4, -0.2) is 20.8 Å². The zero-order valence-corrected chi connectivity index (χ0v) is 8.12. The molecule has 0 aliphatic carbocycles. The summed E-state index contributed by atoms with van der Waals surface area (Å²) in [6.07, 6.45) is 1.08. The van der Waals surface area contributed by atoms with Crippen LogP contribution < -0.4 is 17.2 Å². The molecule has 0 amide bonds. The Kier molecular flexibility index (Phi) is 5.62. The number of hydrogen-bond acceptors (Lipinski definition) is 6. The number of aromatic nitrogens is 3. The minimum Gasteiger partial charge on any atom is -0.368 e. The highest BCUT2D eigenvalue weighted by Gasteiger charge is 1.93. The number of anilines is 3. The van der Waals surface area contributed by atoms with Crippen molar-refractivity contribution in [3.8, 4) is 0 Å². The Morgan fingerprint density at radius 3 is 1.38 bits per heavy atom. The fraction of sp³-hybridized carbons (Fsp3) is 0.500. The van der Waals surface area contributed by atoms with Gasteiger partial charge in [0.1, 0.15) is 0 Å². The standard InChI is InChI=1S/C3H7Cl.C3H6N6/c1-2-3-4;4-1-7-2(5)9-3(6)8-1/h2-3H2,1H3;(H6,4,5,6,7,8,9). The molecule has 0 spiro atoms. The van der Waals surface area contributed by atoms with E-state index in [4.69, 9.17) is 28.8 Å². The fourth-order valence-electron chi connectivity index (χ4n) is 0.427. The summed E-state index contributed by atoms with van der Waals surface area (Å²) in [5.41, 5.74) is 15.4. The van der Waals surface area contributed by atoms with Crippen molar-refractivity contribution in [2.45, 2.75) is 13.3 Å². The van der Waals surface area contributed by atoms with Crippen molar-refractivity contribution < 1.29 is 0 Å². The van der Waals surface area contributed by atoms with Crippen LogP contribution in [0.1, 0.15) is 13.3 Å². The number of nitrogens with zero attached hydrogens (tertiary/aromatic N) is 3. The summed E-state index contributed by atoms with van der Waals surface area (Å²) in [4.78, 5) is 10.5. The van der Waals surface area contributed by atoms with Gasteiger partial charge in [0, 0.05) is 5.88 Å². The van der Waals surface area contributed by atoms with Crippen LogP contribution in [-0.2, 0) is 0 Å². The van der Waals surface area contributed by atoms with Crippen LogP contribution in [0.4, 0.5) is 17.8 Å². The summed E-state index contributed by atoms with van der Waals surface area (Å²) in [6.45, 7) is 2.05. The molecule has 0 aliphatic rings. The molecule has 0 saturated carbocycles. The Bertz CT molecular complexity index is 200. The molecule has 0 unspecified atom stereocenters. The van der Waals surface area contributed by atoms with E-state index in [0.717, 1.165) is 12.3 Å². The van der Waals surface area contributed by atoms with Gasteiger partial charge in [0.15, 0.2) is 0 Å². The zero-order chi connectivity index (χ0) is 10.3. The first-order valence-electron chi connectivity index (χ1n) is 3.68. The molecule has 0 bridgehead atoms. The molecule has 1 rings (SSSR count). The average Bonchev–Trinajstić information content (AvgIpc) is 2.02. The molecule has 0 fully saturated rings. The lowest BCUT2D eigenvalue weighted by Gasteiger charge is -1.93. The van der Waals surface area contributed by atoms with Crippen LogP contribution >= 0.6 is 11.6 Å². The molecule has 74 valence electrons. The highest BCUT2D eigenvalue weighted by atomic mass is 35.5. The highest BCUT2D eigenvalue weighted by Crippen LogP contribution is 1.97. The number of halogens is 1. The third-order valence-electron chi connectivity index (χ3n) is 0.876. The minimum absolute atomic E-state index is 0.0417. The molecule has 0 aliphatic heterocycles. The Morgan fingerprint density at radius 1 is 1.00 bits per heavy atom. The first kappa shape index (κ1) is 11.7. The Morgan fingerprint density at radius 2 is 1.23 bits per heavy atom. The molecule has 0 radical (unpaired) electrons. The van der Waals surface area contributed by atoms with E-state index in [1.807, 2.05) is 6.92 Å². The van der Waals surface area contributed by atoms with Gasteiger partial charge in [-0.2, -0.15) is 15.0 Å². The molecule has 0 atom stereocenters. The molecular weight excluding hydrogens is 192 g/mol. The van der Waals surface area contributed by atoms with E-state index in [-0.39, 0.29) is 17.8 Å². The van der Waals surface area contributed by atoms with E-state index in [1.54, 1.807) is 0 Å². The second-order valence-electron chi connectivity index (χ2n) is 2.10. The second-order valence-corrected chi connectivity index (χ2v) is 2.48. The van der Waals surface area contributed by atoms with Crippen molar-refractivity contribution >= 4 is 29.4 Å². The predicted molar refractivity (Wildman–Crippen MR) is 54.1 cm³/mol. The van der Waals surface area contributed by atoms with Gasteiger partial charge in [-0.25, -0.2) is 0 Å². The Balaban J connectivity index is 0.000000310. The van der Waals surface area contributed by atoms with Gasteiger partial charge in [-0.15, -0.1) is 11.6 Å². The van der Waals surface area contributed by atoms with Crippen molar-refractivity contribution in [3.63, 3.8) is 0 Å². The molecular formula is C6H13ClN6. The van der Waals surface area contributed by atoms with E-state index in [2.05, 4.69) is 15.0 Å². The van der Waals surface area contributed by atoms with Gasteiger partial charge < -0.3 is 17.2 Å². The van der Waals surface area contributed by atoms with Crippen LogP contribution in [0.5, 0.6) is 0 Å². The zero-order valence-electron chi connectivity index (χ0n) is 7.37. The van der Waals surface area contributed by atoms with Gasteiger partial charge in [-0.1, -0.05) is 6.92 Å². The monoisotopic (exact) mass is 204 g/mol.